The normalized spacial score (nSPS) is 22.8. The average molecular weight is 423 g/mol. The molecular weight excluding hydrogens is 397 g/mol. The number of amides is 1. The zero-order valence-corrected chi connectivity index (χ0v) is 17.7. The Bertz CT molecular complexity index is 1040. The summed E-state index contributed by atoms with van der Waals surface area (Å²) in [6, 6.07) is 7.10. The highest BCUT2D eigenvalue weighted by molar-refractivity contribution is 5.93. The van der Waals surface area contributed by atoms with Gasteiger partial charge in [0.05, 0.1) is 35.5 Å². The van der Waals surface area contributed by atoms with Crippen LogP contribution in [-0.2, 0) is 11.2 Å². The molecule has 31 heavy (non-hydrogen) atoms. The molecule has 1 aromatic heterocycles. The zero-order valence-electron chi connectivity index (χ0n) is 17.7. The Kier molecular flexibility index (Phi) is 5.88. The number of nitriles is 1. The Morgan fingerprint density at radius 3 is 2.81 bits per heavy atom. The van der Waals surface area contributed by atoms with Crippen LogP contribution >= 0.6 is 0 Å². The molecule has 2 aliphatic rings. The molecule has 1 aromatic carbocycles. The van der Waals surface area contributed by atoms with Crippen LogP contribution < -0.4 is 5.32 Å². The SMILES string of the molecule is CN(C)C(=O)c1cnn(-c2ccc(C[C@@H](C#N)CC(=O)[C@H]3N[C@@H]4CC[C@H]3C4)c(F)c2)c1. The average Bonchev–Trinajstić information content (AvgIpc) is 3.50. The van der Waals surface area contributed by atoms with Gasteiger partial charge >= 0.3 is 0 Å². The maximum absolute atomic E-state index is 14.8. The zero-order chi connectivity index (χ0) is 22.1. The Morgan fingerprint density at radius 1 is 1.39 bits per heavy atom. The van der Waals surface area contributed by atoms with E-state index in [1.807, 2.05) is 0 Å². The molecule has 7 nitrogen and oxygen atoms in total. The lowest BCUT2D eigenvalue weighted by Gasteiger charge is -2.22. The smallest absolute Gasteiger partial charge is 0.256 e. The minimum atomic E-state index is -0.567. The highest BCUT2D eigenvalue weighted by atomic mass is 19.1. The van der Waals surface area contributed by atoms with E-state index in [1.165, 1.54) is 21.8 Å². The van der Waals surface area contributed by atoms with Gasteiger partial charge in [-0.05, 0) is 49.3 Å². The van der Waals surface area contributed by atoms with Gasteiger partial charge in [0.25, 0.3) is 5.91 Å². The van der Waals surface area contributed by atoms with Crippen molar-refractivity contribution in [3.8, 4) is 11.8 Å². The van der Waals surface area contributed by atoms with E-state index >= 15 is 0 Å². The lowest BCUT2D eigenvalue weighted by molar-refractivity contribution is -0.122. The van der Waals surface area contributed by atoms with Crippen molar-refractivity contribution in [2.24, 2.45) is 11.8 Å². The Hall–Kier alpha value is -3.05. The van der Waals surface area contributed by atoms with Gasteiger partial charge in [0.1, 0.15) is 5.82 Å². The number of benzene rings is 1. The number of hydrogen-bond acceptors (Lipinski definition) is 5. The second-order valence-electron chi connectivity index (χ2n) is 8.76. The summed E-state index contributed by atoms with van der Waals surface area (Å²) in [6.45, 7) is 0. The Balaban J connectivity index is 1.42. The summed E-state index contributed by atoms with van der Waals surface area (Å²) in [6.07, 6.45) is 6.53. The second kappa shape index (κ2) is 8.60. The Morgan fingerprint density at radius 2 is 2.19 bits per heavy atom. The maximum Gasteiger partial charge on any atom is 0.256 e. The first-order valence-electron chi connectivity index (χ1n) is 10.6. The van der Waals surface area contributed by atoms with Gasteiger partial charge < -0.3 is 10.2 Å². The monoisotopic (exact) mass is 423 g/mol. The third-order valence-corrected chi connectivity index (χ3v) is 6.34. The summed E-state index contributed by atoms with van der Waals surface area (Å²) < 4.78 is 16.2. The first kappa shape index (κ1) is 21.2. The number of carbonyl (C=O) groups is 2. The van der Waals surface area contributed by atoms with Gasteiger partial charge in [0.15, 0.2) is 5.78 Å². The fourth-order valence-corrected chi connectivity index (χ4v) is 4.69. The summed E-state index contributed by atoms with van der Waals surface area (Å²) in [5, 5.41) is 17.0. The number of aromatic nitrogens is 2. The van der Waals surface area contributed by atoms with Crippen LogP contribution in [0.15, 0.2) is 30.6 Å². The predicted molar refractivity (Wildman–Crippen MR) is 112 cm³/mol. The summed E-state index contributed by atoms with van der Waals surface area (Å²) in [5.74, 6) is -0.770. The molecule has 1 N–H and O–H groups in total. The number of fused-ring (bicyclic) bond motifs is 2. The largest absolute Gasteiger partial charge is 0.345 e. The van der Waals surface area contributed by atoms with Crippen LogP contribution in [0, 0.1) is 29.0 Å². The summed E-state index contributed by atoms with van der Waals surface area (Å²) in [4.78, 5) is 26.1. The van der Waals surface area contributed by atoms with Gasteiger partial charge in [-0.2, -0.15) is 10.4 Å². The van der Waals surface area contributed by atoms with Crippen molar-refractivity contribution in [1.82, 2.24) is 20.0 Å². The number of rotatable bonds is 7. The molecule has 2 heterocycles. The first-order chi connectivity index (χ1) is 14.9. The number of Topliss-reactive ketones (excluding diaryl/α,β-unsaturated/α-hetero) is 1. The van der Waals surface area contributed by atoms with Crippen LogP contribution in [0.2, 0.25) is 0 Å². The van der Waals surface area contributed by atoms with Crippen molar-refractivity contribution >= 4 is 11.7 Å². The molecule has 2 aromatic rings. The molecule has 162 valence electrons. The van der Waals surface area contributed by atoms with Gasteiger partial charge in [-0.15, -0.1) is 0 Å². The van der Waals surface area contributed by atoms with E-state index in [2.05, 4.69) is 16.5 Å². The van der Waals surface area contributed by atoms with Crippen molar-refractivity contribution in [2.45, 2.75) is 44.2 Å². The van der Waals surface area contributed by atoms with Crippen LogP contribution in [0.4, 0.5) is 4.39 Å². The lowest BCUT2D eigenvalue weighted by Crippen LogP contribution is -2.42. The number of carbonyl (C=O) groups excluding carboxylic acids is 2. The Labute approximate surface area is 180 Å². The van der Waals surface area contributed by atoms with Crippen molar-refractivity contribution in [2.75, 3.05) is 14.1 Å². The van der Waals surface area contributed by atoms with Crippen LogP contribution in [0.5, 0.6) is 0 Å². The van der Waals surface area contributed by atoms with Crippen molar-refractivity contribution in [3.05, 3.63) is 47.5 Å². The molecule has 1 aliphatic carbocycles. The van der Waals surface area contributed by atoms with Crippen molar-refractivity contribution in [1.29, 1.82) is 5.26 Å². The molecule has 0 unspecified atom stereocenters. The molecule has 4 atom stereocenters. The fourth-order valence-electron chi connectivity index (χ4n) is 4.69. The summed E-state index contributed by atoms with van der Waals surface area (Å²) in [7, 11) is 3.30. The van der Waals surface area contributed by atoms with Gasteiger partial charge in [-0.3, -0.25) is 9.59 Å². The first-order valence-corrected chi connectivity index (χ1v) is 10.6. The fraction of sp³-hybridized carbons (Fsp3) is 0.478. The third-order valence-electron chi connectivity index (χ3n) is 6.34. The predicted octanol–water partition coefficient (Wildman–Crippen LogP) is 2.50. The number of ketones is 1. The lowest BCUT2D eigenvalue weighted by atomic mass is 9.88. The molecule has 1 aliphatic heterocycles. The highest BCUT2D eigenvalue weighted by Gasteiger charge is 2.42. The van der Waals surface area contributed by atoms with Crippen LogP contribution in [0.1, 0.15) is 41.6 Å². The highest BCUT2D eigenvalue weighted by Crippen LogP contribution is 2.36. The minimum Gasteiger partial charge on any atom is -0.345 e. The number of hydrogen-bond donors (Lipinski definition) is 1. The van der Waals surface area contributed by atoms with Crippen LogP contribution in [0.25, 0.3) is 5.69 Å². The van der Waals surface area contributed by atoms with Gasteiger partial charge in [-0.25, -0.2) is 9.07 Å². The molecule has 4 rings (SSSR count). The number of piperidine rings is 1. The molecule has 0 radical (unpaired) electrons. The van der Waals surface area contributed by atoms with Crippen molar-refractivity contribution in [3.63, 3.8) is 0 Å². The molecule has 0 spiro atoms. The standard InChI is InChI=1S/C23H26FN5O2/c1-28(2)23(31)17-12-26-29(13-17)19-6-4-15(20(24)10-19)7-14(11-25)8-21(30)22-16-3-5-18(9-16)27-22/h4,6,10,12-14,16,18,22,27H,3,5,7-9H2,1-2H3/t14-,16+,18-,22+/m1/s1. The number of halogens is 1. The second-order valence-corrected chi connectivity index (χ2v) is 8.76. The number of nitrogens with zero attached hydrogens (tertiary/aromatic N) is 4. The van der Waals surface area contributed by atoms with Gasteiger partial charge in [0.2, 0.25) is 0 Å². The molecule has 1 amide bonds. The molecular formula is C23H26FN5O2. The van der Waals surface area contributed by atoms with E-state index < -0.39 is 11.7 Å². The van der Waals surface area contributed by atoms with E-state index in [4.69, 9.17) is 0 Å². The van der Waals surface area contributed by atoms with E-state index in [0.717, 1.165) is 19.3 Å². The topological polar surface area (TPSA) is 91.0 Å². The quantitative estimate of drug-likeness (QED) is 0.739. The van der Waals surface area contributed by atoms with Gasteiger partial charge in [-0.1, -0.05) is 6.07 Å². The van der Waals surface area contributed by atoms with Crippen LogP contribution in [-0.4, -0.2) is 52.5 Å². The molecule has 1 saturated heterocycles. The van der Waals surface area contributed by atoms with Crippen LogP contribution in [0.3, 0.4) is 0 Å². The molecule has 2 fully saturated rings. The minimum absolute atomic E-state index is 0.0606. The molecule has 2 bridgehead atoms. The summed E-state index contributed by atoms with van der Waals surface area (Å²) in [5.41, 5.74) is 1.28. The van der Waals surface area contributed by atoms with Crippen molar-refractivity contribution < 1.29 is 14.0 Å². The van der Waals surface area contributed by atoms with E-state index in [0.29, 0.717) is 28.8 Å². The molecule has 8 heteroatoms. The third kappa shape index (κ3) is 4.37. The van der Waals surface area contributed by atoms with Gasteiger partial charge in [0, 0.05) is 32.8 Å². The van der Waals surface area contributed by atoms with E-state index in [1.54, 1.807) is 32.4 Å². The maximum atomic E-state index is 14.8. The van der Waals surface area contributed by atoms with E-state index in [-0.39, 0.29) is 30.6 Å². The summed E-state index contributed by atoms with van der Waals surface area (Å²) >= 11 is 0. The number of nitrogens with one attached hydrogen (secondary N) is 1. The molecule has 1 saturated carbocycles. The van der Waals surface area contributed by atoms with E-state index in [9.17, 15) is 19.2 Å².